The molecule has 11 heavy (non-hydrogen) atoms. The lowest BCUT2D eigenvalue weighted by Crippen LogP contribution is -2.58. The van der Waals surface area contributed by atoms with Gasteiger partial charge in [0.15, 0.2) is 0 Å². The highest BCUT2D eigenvalue weighted by Gasteiger charge is 2.28. The first-order valence-corrected chi connectivity index (χ1v) is 5.54. The van der Waals surface area contributed by atoms with Crippen molar-refractivity contribution in [2.75, 3.05) is 31.6 Å². The molecule has 2 heterocycles. The molecule has 2 rings (SSSR count). The fraction of sp³-hybridized carbons (Fsp3) is 1.00. The van der Waals surface area contributed by atoms with Crippen molar-refractivity contribution in [3.8, 4) is 0 Å². The number of rotatable bonds is 2. The van der Waals surface area contributed by atoms with E-state index in [9.17, 15) is 0 Å². The van der Waals surface area contributed by atoms with Gasteiger partial charge >= 0.3 is 0 Å². The lowest BCUT2D eigenvalue weighted by atomic mass is 10.1. The standard InChI is InChI=1S/C8H16N2S/c1-10(8-4-9-5-8)7-2-3-11-6-7/h7-9H,2-6H2,1H3. The lowest BCUT2D eigenvalue weighted by Gasteiger charge is -2.39. The van der Waals surface area contributed by atoms with E-state index in [1.807, 2.05) is 0 Å². The summed E-state index contributed by atoms with van der Waals surface area (Å²) in [5.74, 6) is 2.72. The fourth-order valence-electron chi connectivity index (χ4n) is 1.70. The molecule has 0 bridgehead atoms. The maximum atomic E-state index is 3.32. The summed E-state index contributed by atoms with van der Waals surface area (Å²) in [6, 6.07) is 1.70. The molecular weight excluding hydrogens is 156 g/mol. The highest BCUT2D eigenvalue weighted by atomic mass is 32.2. The second-order valence-corrected chi connectivity index (χ2v) is 4.64. The molecule has 2 nitrogen and oxygen atoms in total. The number of nitrogens with zero attached hydrogens (tertiary/aromatic N) is 1. The molecule has 1 atom stereocenters. The van der Waals surface area contributed by atoms with Crippen molar-refractivity contribution in [1.29, 1.82) is 0 Å². The Balaban J connectivity index is 1.82. The van der Waals surface area contributed by atoms with E-state index in [-0.39, 0.29) is 0 Å². The second-order valence-electron chi connectivity index (χ2n) is 3.49. The molecule has 0 aromatic heterocycles. The molecule has 0 aliphatic carbocycles. The Morgan fingerprint density at radius 2 is 2.18 bits per heavy atom. The van der Waals surface area contributed by atoms with Crippen LogP contribution in [0.15, 0.2) is 0 Å². The van der Waals surface area contributed by atoms with Gasteiger partial charge in [0.25, 0.3) is 0 Å². The lowest BCUT2D eigenvalue weighted by molar-refractivity contribution is 0.139. The van der Waals surface area contributed by atoms with Crippen LogP contribution in [0.5, 0.6) is 0 Å². The van der Waals surface area contributed by atoms with Crippen molar-refractivity contribution < 1.29 is 0 Å². The van der Waals surface area contributed by atoms with Gasteiger partial charge in [-0.05, 0) is 19.2 Å². The van der Waals surface area contributed by atoms with Crippen LogP contribution in [0.2, 0.25) is 0 Å². The van der Waals surface area contributed by atoms with E-state index in [0.29, 0.717) is 0 Å². The highest BCUT2D eigenvalue weighted by molar-refractivity contribution is 7.99. The van der Waals surface area contributed by atoms with Gasteiger partial charge in [-0.15, -0.1) is 0 Å². The average molecular weight is 172 g/mol. The number of hydrogen-bond acceptors (Lipinski definition) is 3. The van der Waals surface area contributed by atoms with Crippen LogP contribution in [0.1, 0.15) is 6.42 Å². The van der Waals surface area contributed by atoms with E-state index in [0.717, 1.165) is 12.1 Å². The summed E-state index contributed by atoms with van der Waals surface area (Å²) in [6.07, 6.45) is 1.40. The molecule has 2 aliphatic heterocycles. The smallest absolute Gasteiger partial charge is 0.0345 e. The molecule has 0 spiro atoms. The minimum Gasteiger partial charge on any atom is -0.314 e. The van der Waals surface area contributed by atoms with Gasteiger partial charge in [0, 0.05) is 30.9 Å². The maximum Gasteiger partial charge on any atom is 0.0345 e. The zero-order valence-electron chi connectivity index (χ0n) is 7.05. The maximum absolute atomic E-state index is 3.32. The van der Waals surface area contributed by atoms with Crippen LogP contribution in [-0.4, -0.2) is 48.6 Å². The van der Waals surface area contributed by atoms with Gasteiger partial charge in [-0.3, -0.25) is 4.90 Å². The highest BCUT2D eigenvalue weighted by Crippen LogP contribution is 2.23. The van der Waals surface area contributed by atoms with Crippen LogP contribution in [0.25, 0.3) is 0 Å². The third kappa shape index (κ3) is 1.55. The van der Waals surface area contributed by atoms with Crippen molar-refractivity contribution in [1.82, 2.24) is 10.2 Å². The van der Waals surface area contributed by atoms with E-state index in [2.05, 4.69) is 29.0 Å². The fourth-order valence-corrected chi connectivity index (χ4v) is 2.98. The first-order valence-electron chi connectivity index (χ1n) is 4.38. The normalized spacial score (nSPS) is 32.7. The van der Waals surface area contributed by atoms with Crippen molar-refractivity contribution in [3.05, 3.63) is 0 Å². The number of hydrogen-bond donors (Lipinski definition) is 1. The summed E-state index contributed by atoms with van der Waals surface area (Å²) in [5, 5.41) is 3.32. The van der Waals surface area contributed by atoms with Gasteiger partial charge in [-0.2, -0.15) is 11.8 Å². The summed E-state index contributed by atoms with van der Waals surface area (Å²) in [7, 11) is 2.28. The zero-order chi connectivity index (χ0) is 7.68. The van der Waals surface area contributed by atoms with Gasteiger partial charge in [0.05, 0.1) is 0 Å². The second kappa shape index (κ2) is 3.33. The summed E-state index contributed by atoms with van der Waals surface area (Å²) < 4.78 is 0. The Morgan fingerprint density at radius 1 is 1.36 bits per heavy atom. The molecule has 3 heteroatoms. The molecule has 0 amide bonds. The Morgan fingerprint density at radius 3 is 2.64 bits per heavy atom. The van der Waals surface area contributed by atoms with Crippen LogP contribution >= 0.6 is 11.8 Å². The predicted octanol–water partition coefficient (Wildman–Crippen LogP) is 0.395. The average Bonchev–Trinajstić information content (AvgIpc) is 2.32. The summed E-state index contributed by atoms with van der Waals surface area (Å²) >= 11 is 2.10. The molecule has 0 saturated carbocycles. The Kier molecular flexibility index (Phi) is 2.39. The van der Waals surface area contributed by atoms with E-state index in [1.54, 1.807) is 0 Å². The largest absolute Gasteiger partial charge is 0.314 e. The zero-order valence-corrected chi connectivity index (χ0v) is 7.86. The van der Waals surface area contributed by atoms with E-state index >= 15 is 0 Å². The first-order chi connectivity index (χ1) is 5.38. The Labute approximate surface area is 72.7 Å². The molecule has 1 N–H and O–H groups in total. The summed E-state index contributed by atoms with van der Waals surface area (Å²) in [6.45, 7) is 2.41. The SMILES string of the molecule is CN(C1CNC1)C1CCSC1. The molecule has 64 valence electrons. The van der Waals surface area contributed by atoms with Crippen LogP contribution < -0.4 is 5.32 Å². The Bertz CT molecular complexity index is 130. The van der Waals surface area contributed by atoms with Gasteiger partial charge < -0.3 is 5.32 Å². The van der Waals surface area contributed by atoms with Crippen molar-refractivity contribution in [2.45, 2.75) is 18.5 Å². The van der Waals surface area contributed by atoms with Gasteiger partial charge in [0.2, 0.25) is 0 Å². The van der Waals surface area contributed by atoms with Gasteiger partial charge in [-0.25, -0.2) is 0 Å². The van der Waals surface area contributed by atoms with Gasteiger partial charge in [-0.1, -0.05) is 0 Å². The predicted molar refractivity (Wildman–Crippen MR) is 50.2 cm³/mol. The number of thioether (sulfide) groups is 1. The summed E-state index contributed by atoms with van der Waals surface area (Å²) in [4.78, 5) is 2.57. The van der Waals surface area contributed by atoms with Crippen LogP contribution in [-0.2, 0) is 0 Å². The van der Waals surface area contributed by atoms with Gasteiger partial charge in [0.1, 0.15) is 0 Å². The van der Waals surface area contributed by atoms with E-state index in [4.69, 9.17) is 0 Å². The molecular formula is C8H16N2S. The molecule has 1 unspecified atom stereocenters. The van der Waals surface area contributed by atoms with Crippen molar-refractivity contribution in [3.63, 3.8) is 0 Å². The molecule has 0 radical (unpaired) electrons. The van der Waals surface area contributed by atoms with E-state index < -0.39 is 0 Å². The van der Waals surface area contributed by atoms with Crippen LogP contribution in [0, 0.1) is 0 Å². The minimum absolute atomic E-state index is 0.832. The van der Waals surface area contributed by atoms with Crippen LogP contribution in [0.3, 0.4) is 0 Å². The number of nitrogens with one attached hydrogen (secondary N) is 1. The van der Waals surface area contributed by atoms with Crippen molar-refractivity contribution >= 4 is 11.8 Å². The van der Waals surface area contributed by atoms with Crippen molar-refractivity contribution in [2.24, 2.45) is 0 Å². The monoisotopic (exact) mass is 172 g/mol. The topological polar surface area (TPSA) is 15.3 Å². The third-order valence-electron chi connectivity index (χ3n) is 2.82. The quantitative estimate of drug-likeness (QED) is 0.649. The molecule has 0 aromatic rings. The minimum atomic E-state index is 0.832. The third-order valence-corrected chi connectivity index (χ3v) is 3.96. The molecule has 2 saturated heterocycles. The first kappa shape index (κ1) is 7.90. The van der Waals surface area contributed by atoms with E-state index in [1.165, 1.54) is 31.0 Å². The molecule has 2 aliphatic rings. The molecule has 2 fully saturated rings. The molecule has 0 aromatic carbocycles. The van der Waals surface area contributed by atoms with Crippen LogP contribution in [0.4, 0.5) is 0 Å². The summed E-state index contributed by atoms with van der Waals surface area (Å²) in [5.41, 5.74) is 0. The number of likely N-dealkylation sites (N-methyl/N-ethyl adjacent to an activating group) is 1. The Hall–Kier alpha value is 0.270.